The molecule has 0 saturated heterocycles. The second-order valence-electron chi connectivity index (χ2n) is 9.06. The standard InChI is InChI=1S/C28H31N3O4/c1-19-9-13-21(14-10-19)26(28(34)30-22-6-3-4-7-22)31(23-15-11-20(2)12-16-23)25(32)18-29-27(33)24-8-5-17-35-24/h5,8-17,22,26H,3-4,6-7,18H2,1-2H3,(H,29,33)(H,30,34)/t26-/m0/s1. The predicted octanol–water partition coefficient (Wildman–Crippen LogP) is 4.46. The Morgan fingerprint density at radius 2 is 1.57 bits per heavy atom. The molecule has 7 heteroatoms. The van der Waals surface area contributed by atoms with Crippen LogP contribution in [-0.4, -0.2) is 30.3 Å². The summed E-state index contributed by atoms with van der Waals surface area (Å²) in [5.41, 5.74) is 3.38. The molecule has 7 nitrogen and oxygen atoms in total. The third kappa shape index (κ3) is 5.98. The van der Waals surface area contributed by atoms with Gasteiger partial charge in [0.05, 0.1) is 12.8 Å². The van der Waals surface area contributed by atoms with Crippen LogP contribution in [-0.2, 0) is 9.59 Å². The van der Waals surface area contributed by atoms with Crippen LogP contribution in [0.25, 0.3) is 0 Å². The van der Waals surface area contributed by atoms with E-state index >= 15 is 0 Å². The van der Waals surface area contributed by atoms with Gasteiger partial charge >= 0.3 is 0 Å². The molecule has 1 aliphatic carbocycles. The van der Waals surface area contributed by atoms with E-state index in [4.69, 9.17) is 4.42 Å². The molecule has 1 saturated carbocycles. The van der Waals surface area contributed by atoms with E-state index in [9.17, 15) is 14.4 Å². The zero-order valence-corrected chi connectivity index (χ0v) is 20.1. The maximum absolute atomic E-state index is 13.7. The number of nitrogens with one attached hydrogen (secondary N) is 2. The minimum absolute atomic E-state index is 0.101. The summed E-state index contributed by atoms with van der Waals surface area (Å²) in [5.74, 6) is -1.00. The highest BCUT2D eigenvalue weighted by atomic mass is 16.3. The average Bonchev–Trinajstić information content (AvgIpc) is 3.57. The van der Waals surface area contributed by atoms with Crippen molar-refractivity contribution in [1.29, 1.82) is 0 Å². The quantitative estimate of drug-likeness (QED) is 0.505. The van der Waals surface area contributed by atoms with Crippen molar-refractivity contribution in [2.75, 3.05) is 11.4 Å². The lowest BCUT2D eigenvalue weighted by Crippen LogP contribution is -2.49. The van der Waals surface area contributed by atoms with Gasteiger partial charge in [-0.25, -0.2) is 0 Å². The summed E-state index contributed by atoms with van der Waals surface area (Å²) >= 11 is 0. The highest BCUT2D eigenvalue weighted by Crippen LogP contribution is 2.30. The second-order valence-corrected chi connectivity index (χ2v) is 9.06. The molecule has 1 aromatic heterocycles. The molecule has 1 fully saturated rings. The normalized spacial score (nSPS) is 14.3. The lowest BCUT2D eigenvalue weighted by molar-refractivity contribution is -0.126. The van der Waals surface area contributed by atoms with Crippen LogP contribution in [0.2, 0.25) is 0 Å². The molecule has 0 unspecified atom stereocenters. The van der Waals surface area contributed by atoms with Crippen molar-refractivity contribution in [3.63, 3.8) is 0 Å². The van der Waals surface area contributed by atoms with E-state index < -0.39 is 17.9 Å². The Morgan fingerprint density at radius 1 is 0.943 bits per heavy atom. The average molecular weight is 474 g/mol. The first-order valence-electron chi connectivity index (χ1n) is 12.0. The molecule has 1 aliphatic rings. The van der Waals surface area contributed by atoms with Gasteiger partial charge in [-0.3, -0.25) is 19.3 Å². The van der Waals surface area contributed by atoms with Crippen LogP contribution >= 0.6 is 0 Å². The van der Waals surface area contributed by atoms with Crippen molar-refractivity contribution in [2.45, 2.75) is 51.6 Å². The number of furan rings is 1. The number of nitrogens with zero attached hydrogens (tertiary/aromatic N) is 1. The number of amides is 3. The summed E-state index contributed by atoms with van der Waals surface area (Å²) in [6.07, 6.45) is 5.43. The molecule has 1 atom stereocenters. The van der Waals surface area contributed by atoms with Crippen molar-refractivity contribution in [3.05, 3.63) is 89.4 Å². The van der Waals surface area contributed by atoms with Gasteiger partial charge in [-0.1, -0.05) is 60.4 Å². The smallest absolute Gasteiger partial charge is 0.287 e. The van der Waals surface area contributed by atoms with E-state index in [1.54, 1.807) is 6.07 Å². The lowest BCUT2D eigenvalue weighted by Gasteiger charge is -2.32. The highest BCUT2D eigenvalue weighted by Gasteiger charge is 2.34. The molecule has 0 radical (unpaired) electrons. The van der Waals surface area contributed by atoms with Crippen molar-refractivity contribution >= 4 is 23.4 Å². The summed E-state index contributed by atoms with van der Waals surface area (Å²) in [6, 6.07) is 17.4. The van der Waals surface area contributed by atoms with Crippen molar-refractivity contribution in [3.8, 4) is 0 Å². The van der Waals surface area contributed by atoms with Crippen molar-refractivity contribution in [2.24, 2.45) is 0 Å². The van der Waals surface area contributed by atoms with Gasteiger partial charge < -0.3 is 15.1 Å². The van der Waals surface area contributed by atoms with Crippen LogP contribution in [0.15, 0.2) is 71.3 Å². The highest BCUT2D eigenvalue weighted by molar-refractivity contribution is 6.04. The van der Waals surface area contributed by atoms with Gasteiger partial charge in [-0.15, -0.1) is 0 Å². The van der Waals surface area contributed by atoms with Crippen LogP contribution < -0.4 is 15.5 Å². The van der Waals surface area contributed by atoms with Crippen LogP contribution in [0.1, 0.15) is 59.0 Å². The van der Waals surface area contributed by atoms with Crippen molar-refractivity contribution in [1.82, 2.24) is 10.6 Å². The molecule has 182 valence electrons. The minimum Gasteiger partial charge on any atom is -0.459 e. The van der Waals surface area contributed by atoms with E-state index in [-0.39, 0.29) is 24.3 Å². The van der Waals surface area contributed by atoms with Gasteiger partial charge in [0.2, 0.25) is 11.8 Å². The molecule has 2 N–H and O–H groups in total. The molecule has 1 heterocycles. The third-order valence-electron chi connectivity index (χ3n) is 6.33. The Hall–Kier alpha value is -3.87. The number of carbonyl (C=O) groups excluding carboxylic acids is 3. The van der Waals surface area contributed by atoms with E-state index in [0.717, 1.165) is 36.8 Å². The topological polar surface area (TPSA) is 91.7 Å². The summed E-state index contributed by atoms with van der Waals surface area (Å²) in [6.45, 7) is 3.65. The molecule has 0 spiro atoms. The number of hydrogen-bond acceptors (Lipinski definition) is 4. The molecule has 3 aromatic rings. The van der Waals surface area contributed by atoms with Crippen LogP contribution in [0, 0.1) is 13.8 Å². The molecule has 3 amide bonds. The molecular formula is C28H31N3O4. The number of aryl methyl sites for hydroxylation is 2. The number of rotatable bonds is 8. The Labute approximate surface area is 205 Å². The van der Waals surface area contributed by atoms with Crippen LogP contribution in [0.4, 0.5) is 5.69 Å². The first kappa shape index (κ1) is 24.3. The Kier molecular flexibility index (Phi) is 7.65. The maximum atomic E-state index is 13.7. The SMILES string of the molecule is Cc1ccc([C@@H](C(=O)NC2CCCC2)N(C(=O)CNC(=O)c2ccco2)c2ccc(C)cc2)cc1. The van der Waals surface area contributed by atoms with Crippen molar-refractivity contribution < 1.29 is 18.8 Å². The maximum Gasteiger partial charge on any atom is 0.287 e. The Balaban J connectivity index is 1.67. The summed E-state index contributed by atoms with van der Waals surface area (Å²) in [4.78, 5) is 41.2. The molecule has 0 bridgehead atoms. The van der Waals surface area contributed by atoms with Gasteiger partial charge in [-0.2, -0.15) is 0 Å². The molecule has 2 aromatic carbocycles. The van der Waals surface area contributed by atoms with E-state index in [1.807, 2.05) is 62.4 Å². The second kappa shape index (κ2) is 11.0. The largest absolute Gasteiger partial charge is 0.459 e. The number of carbonyl (C=O) groups is 3. The van der Waals surface area contributed by atoms with Crippen LogP contribution in [0.3, 0.4) is 0 Å². The van der Waals surface area contributed by atoms with Crippen LogP contribution in [0.5, 0.6) is 0 Å². The third-order valence-corrected chi connectivity index (χ3v) is 6.33. The Bertz CT molecular complexity index is 1150. The van der Waals surface area contributed by atoms with E-state index in [1.165, 1.54) is 17.2 Å². The fourth-order valence-corrected chi connectivity index (χ4v) is 4.40. The zero-order valence-electron chi connectivity index (χ0n) is 20.1. The minimum atomic E-state index is -0.882. The molecule has 0 aliphatic heterocycles. The Morgan fingerprint density at radius 3 is 2.17 bits per heavy atom. The predicted molar refractivity (Wildman–Crippen MR) is 134 cm³/mol. The summed E-state index contributed by atoms with van der Waals surface area (Å²) in [5, 5.41) is 5.78. The fraction of sp³-hybridized carbons (Fsp3) is 0.321. The van der Waals surface area contributed by atoms with E-state index in [2.05, 4.69) is 10.6 Å². The van der Waals surface area contributed by atoms with Gasteiger partial charge in [-0.05, 0) is 56.5 Å². The number of benzene rings is 2. The first-order valence-corrected chi connectivity index (χ1v) is 12.0. The van der Waals surface area contributed by atoms with Gasteiger partial charge in [0.1, 0.15) is 6.04 Å². The molecule has 4 rings (SSSR count). The van der Waals surface area contributed by atoms with E-state index in [0.29, 0.717) is 11.3 Å². The monoisotopic (exact) mass is 473 g/mol. The van der Waals surface area contributed by atoms with Gasteiger partial charge in [0.25, 0.3) is 5.91 Å². The summed E-state index contributed by atoms with van der Waals surface area (Å²) in [7, 11) is 0. The first-order chi connectivity index (χ1) is 16.9. The fourth-order valence-electron chi connectivity index (χ4n) is 4.40. The number of hydrogen-bond donors (Lipinski definition) is 2. The molecular weight excluding hydrogens is 442 g/mol. The number of anilines is 1. The molecule has 35 heavy (non-hydrogen) atoms. The summed E-state index contributed by atoms with van der Waals surface area (Å²) < 4.78 is 5.13. The zero-order chi connectivity index (χ0) is 24.8. The van der Waals surface area contributed by atoms with Gasteiger partial charge in [0, 0.05) is 11.7 Å². The lowest BCUT2D eigenvalue weighted by atomic mass is 10.0. The van der Waals surface area contributed by atoms with Gasteiger partial charge in [0.15, 0.2) is 5.76 Å².